The Hall–Kier alpha value is -3.06. The minimum atomic E-state index is -4.95. The van der Waals surface area contributed by atoms with Crippen LogP contribution in [-0.2, 0) is 27.3 Å². The SMILES string of the molecule is C[C@@H](OC[C@]1(c2ccccc2)CC[C@](C#N)(N2CCCC2=O)CC1)c1cc(C(F)(F)F)cc(C(F)(F)F)c1. The van der Waals surface area contributed by atoms with E-state index < -0.39 is 40.5 Å². The Bertz CT molecular complexity index is 1160. The van der Waals surface area contributed by atoms with E-state index in [-0.39, 0.29) is 24.1 Å². The highest BCUT2D eigenvalue weighted by molar-refractivity contribution is 5.79. The molecule has 4 nitrogen and oxygen atoms in total. The van der Waals surface area contributed by atoms with Crippen LogP contribution in [0.25, 0.3) is 0 Å². The second-order valence-electron chi connectivity index (χ2n) is 10.2. The van der Waals surface area contributed by atoms with E-state index in [1.54, 1.807) is 4.90 Å². The molecule has 2 aliphatic rings. The summed E-state index contributed by atoms with van der Waals surface area (Å²) < 4.78 is 86.2. The number of nitriles is 1. The Labute approximate surface area is 217 Å². The largest absolute Gasteiger partial charge is 0.416 e. The molecule has 1 amide bonds. The molecule has 38 heavy (non-hydrogen) atoms. The van der Waals surface area contributed by atoms with Crippen molar-refractivity contribution in [2.24, 2.45) is 0 Å². The zero-order chi connectivity index (χ0) is 27.8. The lowest BCUT2D eigenvalue weighted by Crippen LogP contribution is -2.53. The van der Waals surface area contributed by atoms with Gasteiger partial charge >= 0.3 is 12.4 Å². The maximum Gasteiger partial charge on any atom is 0.416 e. The second kappa shape index (κ2) is 10.3. The highest BCUT2D eigenvalue weighted by Gasteiger charge is 2.49. The van der Waals surface area contributed by atoms with Gasteiger partial charge in [0, 0.05) is 18.4 Å². The zero-order valence-corrected chi connectivity index (χ0v) is 20.8. The second-order valence-corrected chi connectivity index (χ2v) is 10.2. The van der Waals surface area contributed by atoms with Crippen molar-refractivity contribution in [1.82, 2.24) is 4.90 Å². The van der Waals surface area contributed by atoms with Crippen molar-refractivity contribution < 1.29 is 35.9 Å². The van der Waals surface area contributed by atoms with Gasteiger partial charge in [0.1, 0.15) is 5.54 Å². The van der Waals surface area contributed by atoms with E-state index in [4.69, 9.17) is 4.74 Å². The van der Waals surface area contributed by atoms with Crippen LogP contribution in [0.4, 0.5) is 26.3 Å². The molecule has 0 radical (unpaired) electrons. The third-order valence-electron chi connectivity index (χ3n) is 7.91. The highest BCUT2D eigenvalue weighted by atomic mass is 19.4. The third-order valence-corrected chi connectivity index (χ3v) is 7.91. The topological polar surface area (TPSA) is 53.3 Å². The fraction of sp³-hybridized carbons (Fsp3) is 0.500. The molecule has 2 aromatic carbocycles. The van der Waals surface area contributed by atoms with Gasteiger partial charge in [0.15, 0.2) is 0 Å². The molecule has 0 spiro atoms. The van der Waals surface area contributed by atoms with Crippen LogP contribution in [0.3, 0.4) is 0 Å². The highest BCUT2D eigenvalue weighted by Crippen LogP contribution is 2.47. The third kappa shape index (κ3) is 5.53. The first kappa shape index (κ1) is 28.0. The predicted octanol–water partition coefficient (Wildman–Crippen LogP) is 7.20. The average Bonchev–Trinajstić information content (AvgIpc) is 3.33. The molecule has 10 heteroatoms. The van der Waals surface area contributed by atoms with Crippen LogP contribution in [0, 0.1) is 11.3 Å². The molecule has 0 N–H and O–H groups in total. The van der Waals surface area contributed by atoms with E-state index in [2.05, 4.69) is 6.07 Å². The molecule has 1 heterocycles. The van der Waals surface area contributed by atoms with Crippen molar-refractivity contribution in [2.45, 2.75) is 74.9 Å². The lowest BCUT2D eigenvalue weighted by Gasteiger charge is -2.47. The van der Waals surface area contributed by atoms with E-state index in [1.165, 1.54) is 6.92 Å². The Morgan fingerprint density at radius 1 is 0.974 bits per heavy atom. The quantitative estimate of drug-likeness (QED) is 0.366. The number of benzene rings is 2. The number of carbonyl (C=O) groups is 1. The first-order chi connectivity index (χ1) is 17.8. The van der Waals surface area contributed by atoms with Crippen LogP contribution >= 0.6 is 0 Å². The summed E-state index contributed by atoms with van der Waals surface area (Å²) in [5, 5.41) is 10.1. The molecule has 1 aliphatic heterocycles. The monoisotopic (exact) mass is 538 g/mol. The minimum Gasteiger partial charge on any atom is -0.373 e. The smallest absolute Gasteiger partial charge is 0.373 e. The van der Waals surface area contributed by atoms with Gasteiger partial charge < -0.3 is 9.64 Å². The standard InChI is InChI=1S/C28H28F6N2O2/c1-19(20-14-22(27(29,30)31)16-23(15-20)28(32,33)34)38-18-25(21-6-3-2-4-7-21)9-11-26(17-35,12-10-25)36-13-5-8-24(36)37/h2-4,6-7,14-16,19H,5,8-13,18H2,1H3/t19-,25-,26-/m1/s1. The first-order valence-corrected chi connectivity index (χ1v) is 12.5. The molecule has 204 valence electrons. The molecule has 0 bridgehead atoms. The molecule has 4 rings (SSSR count). The number of carbonyl (C=O) groups excluding carboxylic acids is 1. The fourth-order valence-electron chi connectivity index (χ4n) is 5.59. The summed E-state index contributed by atoms with van der Waals surface area (Å²) in [6.45, 7) is 1.99. The fourth-order valence-corrected chi connectivity index (χ4v) is 5.59. The van der Waals surface area contributed by atoms with Crippen LogP contribution in [-0.4, -0.2) is 29.5 Å². The van der Waals surface area contributed by atoms with Crippen molar-refractivity contribution in [3.63, 3.8) is 0 Å². The number of rotatable bonds is 6. The molecule has 1 aliphatic carbocycles. The molecule has 1 saturated carbocycles. The van der Waals surface area contributed by atoms with Crippen LogP contribution in [0.1, 0.15) is 73.8 Å². The minimum absolute atomic E-state index is 0.0330. The number of hydrogen-bond donors (Lipinski definition) is 0. The summed E-state index contributed by atoms with van der Waals surface area (Å²) in [5.74, 6) is -0.0475. The maximum absolute atomic E-state index is 13.4. The van der Waals surface area contributed by atoms with Crippen LogP contribution < -0.4 is 0 Å². The molecule has 0 aromatic heterocycles. The molecule has 2 aromatic rings. The number of hydrogen-bond acceptors (Lipinski definition) is 3. The van der Waals surface area contributed by atoms with E-state index in [9.17, 15) is 36.4 Å². The number of halogens is 6. The summed E-state index contributed by atoms with van der Waals surface area (Å²) in [4.78, 5) is 14.1. The van der Waals surface area contributed by atoms with Gasteiger partial charge in [-0.3, -0.25) is 4.79 Å². The van der Waals surface area contributed by atoms with Gasteiger partial charge in [-0.2, -0.15) is 31.6 Å². The van der Waals surface area contributed by atoms with Crippen LogP contribution in [0.5, 0.6) is 0 Å². The van der Waals surface area contributed by atoms with Gasteiger partial charge in [0.25, 0.3) is 0 Å². The van der Waals surface area contributed by atoms with Crippen LogP contribution in [0.2, 0.25) is 0 Å². The van der Waals surface area contributed by atoms with Crippen molar-refractivity contribution in [3.8, 4) is 6.07 Å². The normalized spacial score (nSPS) is 25.3. The molecule has 1 atom stereocenters. The van der Waals surface area contributed by atoms with Gasteiger partial charge in [-0.15, -0.1) is 0 Å². The lowest BCUT2D eigenvalue weighted by atomic mass is 9.64. The van der Waals surface area contributed by atoms with Crippen molar-refractivity contribution >= 4 is 5.91 Å². The van der Waals surface area contributed by atoms with Gasteiger partial charge in [0.2, 0.25) is 5.91 Å². The van der Waals surface area contributed by atoms with Gasteiger partial charge in [-0.25, -0.2) is 0 Å². The lowest BCUT2D eigenvalue weighted by molar-refractivity contribution is -0.143. The summed E-state index contributed by atoms with van der Waals surface area (Å²) in [7, 11) is 0. The number of ether oxygens (including phenoxy) is 1. The van der Waals surface area contributed by atoms with Gasteiger partial charge in [-0.1, -0.05) is 30.3 Å². The Balaban J connectivity index is 1.60. The molecule has 1 saturated heterocycles. The average molecular weight is 539 g/mol. The van der Waals surface area contributed by atoms with Gasteiger partial charge in [-0.05, 0) is 68.4 Å². The molecule has 0 unspecified atom stereocenters. The number of likely N-dealkylation sites (tertiary alicyclic amines) is 1. The van der Waals surface area contributed by atoms with Crippen LogP contribution in [0.15, 0.2) is 48.5 Å². The Morgan fingerprint density at radius 3 is 2.03 bits per heavy atom. The van der Waals surface area contributed by atoms with Crippen molar-refractivity contribution in [2.75, 3.05) is 13.2 Å². The number of alkyl halides is 6. The van der Waals surface area contributed by atoms with E-state index in [1.807, 2.05) is 30.3 Å². The molecular formula is C28H28F6N2O2. The van der Waals surface area contributed by atoms with Gasteiger partial charge in [0.05, 0.1) is 29.9 Å². The summed E-state index contributed by atoms with van der Waals surface area (Å²) in [5.41, 5.74) is -3.64. The van der Waals surface area contributed by atoms with Crippen molar-refractivity contribution in [3.05, 3.63) is 70.8 Å². The molecule has 2 fully saturated rings. The van der Waals surface area contributed by atoms with Crippen molar-refractivity contribution in [1.29, 1.82) is 5.26 Å². The predicted molar refractivity (Wildman–Crippen MR) is 127 cm³/mol. The van der Waals surface area contributed by atoms with E-state index >= 15 is 0 Å². The number of amides is 1. The first-order valence-electron chi connectivity index (χ1n) is 12.5. The number of nitrogens with zero attached hydrogens (tertiary/aromatic N) is 2. The van der Waals surface area contributed by atoms with E-state index in [0.29, 0.717) is 57.2 Å². The van der Waals surface area contributed by atoms with E-state index in [0.717, 1.165) is 5.56 Å². The summed E-state index contributed by atoms with van der Waals surface area (Å²) in [6, 6.07) is 13.2. The summed E-state index contributed by atoms with van der Waals surface area (Å²) in [6.07, 6.45) is -8.12. The Morgan fingerprint density at radius 2 is 1.55 bits per heavy atom. The summed E-state index contributed by atoms with van der Waals surface area (Å²) >= 11 is 0. The Kier molecular flexibility index (Phi) is 7.54. The molecular weight excluding hydrogens is 510 g/mol. The zero-order valence-electron chi connectivity index (χ0n) is 20.8. The maximum atomic E-state index is 13.4.